The zero-order chi connectivity index (χ0) is 11.5. The second kappa shape index (κ2) is 6.57. The van der Waals surface area contributed by atoms with E-state index in [0.717, 1.165) is 39.0 Å². The number of carbonyl (C=O) groups excluding carboxylic acids is 1. The normalized spacial score (nSPS) is 33.3. The van der Waals surface area contributed by atoms with Crippen molar-refractivity contribution in [3.8, 4) is 0 Å². The summed E-state index contributed by atoms with van der Waals surface area (Å²) in [6.45, 7) is 7.52. The van der Waals surface area contributed by atoms with Crippen molar-refractivity contribution in [2.45, 2.75) is 38.9 Å². The summed E-state index contributed by atoms with van der Waals surface area (Å²) in [6.07, 6.45) is 2.37. The van der Waals surface area contributed by atoms with Gasteiger partial charge in [-0.15, -0.1) is 12.4 Å². The molecular formula is C12H23ClN2O2. The number of rotatable bonds is 2. The quantitative estimate of drug-likeness (QED) is 0.809. The van der Waals surface area contributed by atoms with Crippen LogP contribution in [0.15, 0.2) is 0 Å². The van der Waals surface area contributed by atoms with Crippen LogP contribution in [0.3, 0.4) is 0 Å². The summed E-state index contributed by atoms with van der Waals surface area (Å²) in [6, 6.07) is 0. The van der Waals surface area contributed by atoms with Gasteiger partial charge in [0, 0.05) is 19.6 Å². The van der Waals surface area contributed by atoms with E-state index in [9.17, 15) is 4.79 Å². The van der Waals surface area contributed by atoms with Crippen molar-refractivity contribution < 1.29 is 9.53 Å². The maximum Gasteiger partial charge on any atom is 0.227 e. The third kappa shape index (κ3) is 3.57. The molecule has 2 saturated heterocycles. The number of ether oxygens (including phenoxy) is 1. The van der Waals surface area contributed by atoms with Gasteiger partial charge in [-0.1, -0.05) is 6.92 Å². The van der Waals surface area contributed by atoms with Gasteiger partial charge in [0.25, 0.3) is 0 Å². The molecule has 2 fully saturated rings. The summed E-state index contributed by atoms with van der Waals surface area (Å²) in [7, 11) is 0. The molecule has 0 saturated carbocycles. The first-order valence-electron chi connectivity index (χ1n) is 6.35. The van der Waals surface area contributed by atoms with E-state index >= 15 is 0 Å². The molecule has 2 heterocycles. The first kappa shape index (κ1) is 14.7. The number of morpholine rings is 1. The number of carbonyl (C=O) groups is 1. The van der Waals surface area contributed by atoms with Crippen LogP contribution in [0.5, 0.6) is 0 Å². The molecule has 2 aliphatic rings. The van der Waals surface area contributed by atoms with Gasteiger partial charge in [0.05, 0.1) is 18.1 Å². The Morgan fingerprint density at radius 3 is 2.82 bits per heavy atom. The molecule has 0 aromatic heterocycles. The van der Waals surface area contributed by atoms with E-state index in [1.165, 1.54) is 0 Å². The first-order valence-corrected chi connectivity index (χ1v) is 6.35. The van der Waals surface area contributed by atoms with Crippen molar-refractivity contribution in [2.75, 3.05) is 26.2 Å². The molecule has 1 N–H and O–H groups in total. The number of amides is 1. The second-order valence-corrected chi connectivity index (χ2v) is 4.91. The summed E-state index contributed by atoms with van der Waals surface area (Å²) in [5.41, 5.74) is 0. The third-order valence-electron chi connectivity index (χ3n) is 3.50. The molecule has 5 heteroatoms. The summed E-state index contributed by atoms with van der Waals surface area (Å²) in [5.74, 6) is 0.515. The highest BCUT2D eigenvalue weighted by atomic mass is 35.5. The van der Waals surface area contributed by atoms with Crippen molar-refractivity contribution in [1.82, 2.24) is 10.2 Å². The molecule has 2 aliphatic heterocycles. The van der Waals surface area contributed by atoms with Gasteiger partial charge >= 0.3 is 0 Å². The topological polar surface area (TPSA) is 41.6 Å². The molecule has 2 rings (SSSR count). The minimum atomic E-state index is 0. The number of nitrogens with one attached hydrogen (secondary N) is 1. The summed E-state index contributed by atoms with van der Waals surface area (Å²) in [4.78, 5) is 14.2. The van der Waals surface area contributed by atoms with E-state index in [1.54, 1.807) is 0 Å². The Hall–Kier alpha value is -0.320. The number of hydrogen-bond acceptors (Lipinski definition) is 3. The Kier molecular flexibility index (Phi) is 5.70. The lowest BCUT2D eigenvalue weighted by Crippen LogP contribution is -2.51. The minimum absolute atomic E-state index is 0. The molecule has 4 nitrogen and oxygen atoms in total. The van der Waals surface area contributed by atoms with E-state index < -0.39 is 0 Å². The van der Waals surface area contributed by atoms with Crippen molar-refractivity contribution in [3.63, 3.8) is 0 Å². The molecule has 3 atom stereocenters. The zero-order valence-electron chi connectivity index (χ0n) is 10.6. The molecule has 17 heavy (non-hydrogen) atoms. The van der Waals surface area contributed by atoms with Gasteiger partial charge in [0.15, 0.2) is 0 Å². The Morgan fingerprint density at radius 2 is 2.24 bits per heavy atom. The van der Waals surface area contributed by atoms with E-state index in [-0.39, 0.29) is 30.5 Å². The Bertz CT molecular complexity index is 257. The van der Waals surface area contributed by atoms with Crippen LogP contribution in [0.25, 0.3) is 0 Å². The van der Waals surface area contributed by atoms with Crippen LogP contribution >= 0.6 is 12.4 Å². The lowest BCUT2D eigenvalue weighted by molar-refractivity contribution is -0.148. The van der Waals surface area contributed by atoms with E-state index in [4.69, 9.17) is 4.74 Å². The number of hydrogen-bond donors (Lipinski definition) is 1. The predicted molar refractivity (Wildman–Crippen MR) is 69.4 cm³/mol. The number of nitrogens with zero attached hydrogens (tertiary/aromatic N) is 1. The fourth-order valence-electron chi connectivity index (χ4n) is 2.57. The van der Waals surface area contributed by atoms with Gasteiger partial charge in [-0.2, -0.15) is 0 Å². The third-order valence-corrected chi connectivity index (χ3v) is 3.50. The Morgan fingerprint density at radius 1 is 1.47 bits per heavy atom. The van der Waals surface area contributed by atoms with Crippen LogP contribution in [0.2, 0.25) is 0 Å². The van der Waals surface area contributed by atoms with Gasteiger partial charge in [-0.05, 0) is 26.3 Å². The van der Waals surface area contributed by atoms with Gasteiger partial charge in [-0.25, -0.2) is 0 Å². The summed E-state index contributed by atoms with van der Waals surface area (Å²) in [5, 5.41) is 3.25. The van der Waals surface area contributed by atoms with Crippen molar-refractivity contribution >= 4 is 18.3 Å². The van der Waals surface area contributed by atoms with Crippen molar-refractivity contribution in [3.05, 3.63) is 0 Å². The molecule has 1 amide bonds. The number of halogens is 1. The maximum atomic E-state index is 12.2. The fourth-order valence-corrected chi connectivity index (χ4v) is 2.57. The average Bonchev–Trinajstić information content (AvgIpc) is 2.80. The van der Waals surface area contributed by atoms with Crippen LogP contribution < -0.4 is 5.32 Å². The van der Waals surface area contributed by atoms with Gasteiger partial charge in [0.2, 0.25) is 5.91 Å². The molecule has 3 unspecified atom stereocenters. The molecular weight excluding hydrogens is 240 g/mol. The fraction of sp³-hybridized carbons (Fsp3) is 0.917. The maximum absolute atomic E-state index is 12.2. The Labute approximate surface area is 109 Å². The highest BCUT2D eigenvalue weighted by Crippen LogP contribution is 2.18. The highest BCUT2D eigenvalue weighted by Gasteiger charge is 2.32. The van der Waals surface area contributed by atoms with Crippen LogP contribution in [-0.2, 0) is 9.53 Å². The molecule has 0 bridgehead atoms. The second-order valence-electron chi connectivity index (χ2n) is 4.91. The Balaban J connectivity index is 0.00000144. The monoisotopic (exact) mass is 262 g/mol. The van der Waals surface area contributed by atoms with Crippen LogP contribution in [0.1, 0.15) is 26.7 Å². The van der Waals surface area contributed by atoms with Crippen molar-refractivity contribution in [2.24, 2.45) is 5.92 Å². The molecule has 100 valence electrons. The smallest absolute Gasteiger partial charge is 0.227 e. The zero-order valence-corrected chi connectivity index (χ0v) is 11.5. The molecule has 0 spiro atoms. The standard InChI is InChI=1S/C12H22N2O2.ClH/c1-3-11-8-14(7-9(2)16-11)12(15)10-4-5-13-6-10;/h9-11,13H,3-8H2,1-2H3;1H. The molecule has 0 aliphatic carbocycles. The first-order chi connectivity index (χ1) is 7.70. The largest absolute Gasteiger partial charge is 0.372 e. The molecule has 0 aromatic carbocycles. The van der Waals surface area contributed by atoms with Crippen LogP contribution in [-0.4, -0.2) is 49.2 Å². The van der Waals surface area contributed by atoms with Gasteiger partial charge in [0.1, 0.15) is 0 Å². The highest BCUT2D eigenvalue weighted by molar-refractivity contribution is 5.85. The van der Waals surface area contributed by atoms with E-state index in [2.05, 4.69) is 19.2 Å². The van der Waals surface area contributed by atoms with E-state index in [0.29, 0.717) is 5.91 Å². The molecule has 0 aromatic rings. The lowest BCUT2D eigenvalue weighted by Gasteiger charge is -2.37. The lowest BCUT2D eigenvalue weighted by atomic mass is 10.1. The average molecular weight is 263 g/mol. The van der Waals surface area contributed by atoms with Crippen LogP contribution in [0.4, 0.5) is 0 Å². The van der Waals surface area contributed by atoms with Crippen LogP contribution in [0, 0.1) is 5.92 Å². The predicted octanol–water partition coefficient (Wildman–Crippen LogP) is 1.04. The SMILES string of the molecule is CCC1CN(C(=O)C2CCNC2)CC(C)O1.Cl. The van der Waals surface area contributed by atoms with Gasteiger partial charge < -0.3 is 15.0 Å². The minimum Gasteiger partial charge on any atom is -0.372 e. The van der Waals surface area contributed by atoms with Gasteiger partial charge in [-0.3, -0.25) is 4.79 Å². The molecule has 0 radical (unpaired) electrons. The summed E-state index contributed by atoms with van der Waals surface area (Å²) >= 11 is 0. The summed E-state index contributed by atoms with van der Waals surface area (Å²) < 4.78 is 5.77. The van der Waals surface area contributed by atoms with Crippen molar-refractivity contribution in [1.29, 1.82) is 0 Å². The van der Waals surface area contributed by atoms with E-state index in [1.807, 2.05) is 4.90 Å².